The Morgan fingerprint density at radius 1 is 1.07 bits per heavy atom. The number of ether oxygens (including phenoxy) is 2. The molecule has 0 saturated carbocycles. The molecule has 1 aromatic carbocycles. The predicted octanol–water partition coefficient (Wildman–Crippen LogP) is 1.83. The normalized spacial score (nSPS) is 35.3. The van der Waals surface area contributed by atoms with Gasteiger partial charge in [0.15, 0.2) is 11.5 Å². The Bertz CT molecular complexity index is 788. The quantitative estimate of drug-likeness (QED) is 0.770. The molecule has 5 fully saturated rings. The summed E-state index contributed by atoms with van der Waals surface area (Å²) in [5.41, 5.74) is 1.27. The van der Waals surface area contributed by atoms with Crippen molar-refractivity contribution >= 4 is 5.91 Å². The fourth-order valence-corrected chi connectivity index (χ4v) is 6.18. The second-order valence-electron chi connectivity index (χ2n) is 8.99. The first-order valence-electron chi connectivity index (χ1n) is 11.1. The Balaban J connectivity index is 1.26. The third-order valence-corrected chi connectivity index (χ3v) is 7.54. The number of likely N-dealkylation sites (tertiary alicyclic amines) is 1. The molecule has 0 radical (unpaired) electrons. The number of carbonyl (C=O) groups is 1. The van der Waals surface area contributed by atoms with Gasteiger partial charge in [-0.25, -0.2) is 0 Å². The SMILES string of the molecule is O=C(CCN1CCCO1)N1C[C@@H](c2ccc3c(c2)OCO3)[C@@H]2[C@H]1C1CCN2CC1. The molecular formula is C22H29N3O4. The lowest BCUT2D eigenvalue weighted by Gasteiger charge is -2.51. The third kappa shape index (κ3) is 3.02. The average Bonchev–Trinajstić information content (AvgIpc) is 3.52. The monoisotopic (exact) mass is 399 g/mol. The average molecular weight is 399 g/mol. The maximum atomic E-state index is 13.3. The highest BCUT2D eigenvalue weighted by molar-refractivity contribution is 5.77. The highest BCUT2D eigenvalue weighted by Gasteiger charge is 2.54. The number of rotatable bonds is 4. The molecule has 3 atom stereocenters. The summed E-state index contributed by atoms with van der Waals surface area (Å²) < 4.78 is 11.1. The lowest BCUT2D eigenvalue weighted by atomic mass is 9.75. The molecule has 6 aliphatic heterocycles. The van der Waals surface area contributed by atoms with Gasteiger partial charge in [-0.2, -0.15) is 5.06 Å². The Kier molecular flexibility index (Phi) is 4.43. The molecule has 5 saturated heterocycles. The minimum Gasteiger partial charge on any atom is -0.454 e. The molecule has 7 rings (SSSR count). The Labute approximate surface area is 171 Å². The Hall–Kier alpha value is -1.83. The molecule has 156 valence electrons. The first-order chi connectivity index (χ1) is 14.3. The largest absolute Gasteiger partial charge is 0.454 e. The van der Waals surface area contributed by atoms with Crippen LogP contribution in [0.4, 0.5) is 0 Å². The Morgan fingerprint density at radius 3 is 2.76 bits per heavy atom. The maximum Gasteiger partial charge on any atom is 0.231 e. The van der Waals surface area contributed by atoms with E-state index in [-0.39, 0.29) is 5.91 Å². The van der Waals surface area contributed by atoms with Crippen molar-refractivity contribution in [2.45, 2.75) is 43.7 Å². The molecule has 0 spiro atoms. The van der Waals surface area contributed by atoms with Crippen molar-refractivity contribution in [3.8, 4) is 11.5 Å². The van der Waals surface area contributed by atoms with Gasteiger partial charge in [0.2, 0.25) is 12.7 Å². The number of carbonyl (C=O) groups excluding carboxylic acids is 1. The molecule has 6 heterocycles. The minimum atomic E-state index is 0.285. The summed E-state index contributed by atoms with van der Waals surface area (Å²) in [6, 6.07) is 7.11. The van der Waals surface area contributed by atoms with E-state index in [1.54, 1.807) is 0 Å². The van der Waals surface area contributed by atoms with E-state index in [0.717, 1.165) is 50.7 Å². The zero-order valence-electron chi connectivity index (χ0n) is 16.8. The van der Waals surface area contributed by atoms with Crippen molar-refractivity contribution < 1.29 is 19.1 Å². The van der Waals surface area contributed by atoms with Crippen molar-refractivity contribution in [3.05, 3.63) is 23.8 Å². The molecule has 7 nitrogen and oxygen atoms in total. The van der Waals surface area contributed by atoms with Crippen LogP contribution in [0.5, 0.6) is 11.5 Å². The lowest BCUT2D eigenvalue weighted by Crippen LogP contribution is -2.60. The molecule has 6 aliphatic rings. The van der Waals surface area contributed by atoms with Crippen LogP contribution in [-0.2, 0) is 9.63 Å². The molecule has 1 amide bonds. The van der Waals surface area contributed by atoms with Crippen LogP contribution in [0.3, 0.4) is 0 Å². The van der Waals surface area contributed by atoms with Crippen molar-refractivity contribution in [1.29, 1.82) is 0 Å². The van der Waals surface area contributed by atoms with Gasteiger partial charge in [0, 0.05) is 38.0 Å². The predicted molar refractivity (Wildman–Crippen MR) is 106 cm³/mol. The molecule has 1 aromatic rings. The number of hydrogen-bond donors (Lipinski definition) is 0. The highest BCUT2D eigenvalue weighted by Crippen LogP contribution is 2.48. The fourth-order valence-electron chi connectivity index (χ4n) is 6.18. The molecule has 29 heavy (non-hydrogen) atoms. The second-order valence-corrected chi connectivity index (χ2v) is 8.99. The van der Waals surface area contributed by atoms with Crippen LogP contribution in [0.15, 0.2) is 18.2 Å². The van der Waals surface area contributed by atoms with Crippen molar-refractivity contribution in [1.82, 2.24) is 14.9 Å². The van der Waals surface area contributed by atoms with Gasteiger partial charge in [0.05, 0.1) is 12.6 Å². The topological polar surface area (TPSA) is 54.5 Å². The summed E-state index contributed by atoms with van der Waals surface area (Å²) in [6.45, 7) is 5.86. The van der Waals surface area contributed by atoms with Gasteiger partial charge in [0.1, 0.15) is 0 Å². The molecule has 0 unspecified atom stereocenters. The van der Waals surface area contributed by atoms with Crippen LogP contribution in [0.2, 0.25) is 0 Å². The summed E-state index contributed by atoms with van der Waals surface area (Å²) in [4.78, 5) is 23.7. The highest BCUT2D eigenvalue weighted by atomic mass is 16.7. The van der Waals surface area contributed by atoms with E-state index >= 15 is 0 Å². The lowest BCUT2D eigenvalue weighted by molar-refractivity contribution is -0.142. The van der Waals surface area contributed by atoms with Gasteiger partial charge in [-0.05, 0) is 56.0 Å². The third-order valence-electron chi connectivity index (χ3n) is 7.54. The molecule has 0 aliphatic carbocycles. The number of hydrogen-bond acceptors (Lipinski definition) is 6. The number of hydroxylamine groups is 2. The van der Waals surface area contributed by atoms with Crippen molar-refractivity contribution in [3.63, 3.8) is 0 Å². The Morgan fingerprint density at radius 2 is 1.93 bits per heavy atom. The van der Waals surface area contributed by atoms with E-state index in [1.807, 2.05) is 11.1 Å². The maximum absolute atomic E-state index is 13.3. The van der Waals surface area contributed by atoms with Crippen LogP contribution in [-0.4, -0.2) is 79.0 Å². The molecule has 2 bridgehead atoms. The van der Waals surface area contributed by atoms with E-state index in [1.165, 1.54) is 18.4 Å². The van der Waals surface area contributed by atoms with E-state index in [0.29, 0.717) is 43.7 Å². The van der Waals surface area contributed by atoms with Crippen LogP contribution in [0, 0.1) is 5.92 Å². The summed E-state index contributed by atoms with van der Waals surface area (Å²) in [6.07, 6.45) is 4.04. The number of piperidine rings is 3. The van der Waals surface area contributed by atoms with Crippen molar-refractivity contribution in [2.75, 3.05) is 46.1 Å². The fraction of sp³-hybridized carbons (Fsp3) is 0.682. The second kappa shape index (κ2) is 7.15. The van der Waals surface area contributed by atoms with Crippen molar-refractivity contribution in [2.24, 2.45) is 5.92 Å². The van der Waals surface area contributed by atoms with Gasteiger partial charge < -0.3 is 14.4 Å². The molecule has 7 heteroatoms. The van der Waals surface area contributed by atoms with Gasteiger partial charge >= 0.3 is 0 Å². The van der Waals surface area contributed by atoms with Gasteiger partial charge in [-0.3, -0.25) is 14.5 Å². The van der Waals surface area contributed by atoms with Crippen LogP contribution in [0.1, 0.15) is 37.2 Å². The summed E-state index contributed by atoms with van der Waals surface area (Å²) in [7, 11) is 0. The summed E-state index contributed by atoms with van der Waals surface area (Å²) in [5.74, 6) is 2.92. The van der Waals surface area contributed by atoms with Crippen LogP contribution in [0.25, 0.3) is 0 Å². The van der Waals surface area contributed by atoms with Crippen LogP contribution >= 0.6 is 0 Å². The first-order valence-corrected chi connectivity index (χ1v) is 11.1. The zero-order chi connectivity index (χ0) is 19.4. The number of amides is 1. The number of benzene rings is 1. The number of fused-ring (bicyclic) bond motifs is 3. The van der Waals surface area contributed by atoms with E-state index in [2.05, 4.69) is 21.9 Å². The van der Waals surface area contributed by atoms with Gasteiger partial charge in [0.25, 0.3) is 0 Å². The minimum absolute atomic E-state index is 0.285. The van der Waals surface area contributed by atoms with Crippen LogP contribution < -0.4 is 9.47 Å². The number of nitrogens with zero attached hydrogens (tertiary/aromatic N) is 3. The zero-order valence-corrected chi connectivity index (χ0v) is 16.8. The molecule has 0 aromatic heterocycles. The standard InChI is InChI=1S/C22H29N3O4/c26-20(6-10-24-7-1-11-29-24)25-13-17(16-2-3-18-19(12-16)28-14-27-18)22-21(25)15-4-8-23(22)9-5-15/h2-3,12,15,17,21-22H,1,4-11,13-14H2/t17-,21+,22+/m0/s1. The van der Waals surface area contributed by atoms with E-state index < -0.39 is 0 Å². The van der Waals surface area contributed by atoms with Gasteiger partial charge in [-0.15, -0.1) is 0 Å². The molecule has 0 N–H and O–H groups in total. The molecular weight excluding hydrogens is 370 g/mol. The van der Waals surface area contributed by atoms with Gasteiger partial charge in [-0.1, -0.05) is 6.07 Å². The van der Waals surface area contributed by atoms with E-state index in [9.17, 15) is 4.79 Å². The first kappa shape index (κ1) is 18.0. The summed E-state index contributed by atoms with van der Waals surface area (Å²) in [5, 5.41) is 1.96. The smallest absolute Gasteiger partial charge is 0.231 e. The summed E-state index contributed by atoms with van der Waals surface area (Å²) >= 11 is 0. The van der Waals surface area contributed by atoms with E-state index in [4.69, 9.17) is 14.3 Å².